The van der Waals surface area contributed by atoms with Crippen LogP contribution in [0.1, 0.15) is 5.56 Å². The van der Waals surface area contributed by atoms with Gasteiger partial charge in [0.2, 0.25) is 0 Å². The van der Waals surface area contributed by atoms with Gasteiger partial charge < -0.3 is 9.80 Å². The van der Waals surface area contributed by atoms with Crippen molar-refractivity contribution in [3.05, 3.63) is 74.3 Å². The molecule has 10 nitrogen and oxygen atoms in total. The van der Waals surface area contributed by atoms with E-state index in [0.717, 1.165) is 5.69 Å². The molecule has 1 aliphatic heterocycles. The number of pyridine rings is 1. The van der Waals surface area contributed by atoms with E-state index in [-0.39, 0.29) is 11.4 Å². The lowest BCUT2D eigenvalue weighted by Gasteiger charge is -2.36. The predicted octanol–water partition coefficient (Wildman–Crippen LogP) is 3.25. The molecule has 0 radical (unpaired) electrons. The Morgan fingerprint density at radius 1 is 0.900 bits per heavy atom. The van der Waals surface area contributed by atoms with Crippen molar-refractivity contribution in [2.45, 2.75) is 0 Å². The number of nitrogens with zero attached hydrogens (tertiary/aromatic N) is 6. The highest BCUT2D eigenvalue weighted by Crippen LogP contribution is 2.28. The zero-order chi connectivity index (χ0) is 21.3. The van der Waals surface area contributed by atoms with E-state index in [2.05, 4.69) is 16.0 Å². The minimum atomic E-state index is -0.498. The first-order valence-electron chi connectivity index (χ1n) is 9.20. The molecule has 150 valence electrons. The van der Waals surface area contributed by atoms with Crippen LogP contribution in [0.15, 0.2) is 48.5 Å². The van der Waals surface area contributed by atoms with Crippen molar-refractivity contribution in [1.82, 2.24) is 4.98 Å². The summed E-state index contributed by atoms with van der Waals surface area (Å²) in [6.45, 7) is 2.53. The van der Waals surface area contributed by atoms with Crippen molar-refractivity contribution in [2.75, 3.05) is 36.0 Å². The fourth-order valence-corrected chi connectivity index (χ4v) is 3.56. The first-order chi connectivity index (χ1) is 14.5. The number of piperazine rings is 1. The fraction of sp³-hybridized carbons (Fsp3) is 0.200. The molecule has 0 saturated carbocycles. The second kappa shape index (κ2) is 7.63. The monoisotopic (exact) mass is 404 g/mol. The number of nitro benzene ring substituents is 2. The molecule has 0 aliphatic carbocycles. The lowest BCUT2D eigenvalue weighted by molar-refractivity contribution is -0.384. The molecular formula is C20H16N6O4. The average Bonchev–Trinajstić information content (AvgIpc) is 2.78. The Bertz CT molecular complexity index is 1200. The summed E-state index contributed by atoms with van der Waals surface area (Å²) < 4.78 is 0. The van der Waals surface area contributed by atoms with E-state index in [1.165, 1.54) is 18.2 Å². The summed E-state index contributed by atoms with van der Waals surface area (Å²) >= 11 is 0. The van der Waals surface area contributed by atoms with Crippen LogP contribution in [0.2, 0.25) is 0 Å². The zero-order valence-corrected chi connectivity index (χ0v) is 15.8. The molecule has 30 heavy (non-hydrogen) atoms. The maximum atomic E-state index is 11.0. The first-order valence-corrected chi connectivity index (χ1v) is 9.20. The summed E-state index contributed by atoms with van der Waals surface area (Å²) in [6.07, 6.45) is 0. The van der Waals surface area contributed by atoms with Crippen LogP contribution >= 0.6 is 0 Å². The van der Waals surface area contributed by atoms with Gasteiger partial charge in [-0.15, -0.1) is 0 Å². The van der Waals surface area contributed by atoms with Gasteiger partial charge in [0.05, 0.1) is 27.0 Å². The van der Waals surface area contributed by atoms with E-state index >= 15 is 0 Å². The van der Waals surface area contributed by atoms with E-state index in [1.807, 2.05) is 11.0 Å². The number of rotatable bonds is 4. The van der Waals surface area contributed by atoms with E-state index in [1.54, 1.807) is 24.3 Å². The molecule has 1 fully saturated rings. The largest absolute Gasteiger partial charge is 0.368 e. The van der Waals surface area contributed by atoms with Gasteiger partial charge in [-0.3, -0.25) is 20.2 Å². The van der Waals surface area contributed by atoms with Crippen molar-refractivity contribution < 1.29 is 9.85 Å². The quantitative estimate of drug-likeness (QED) is 0.478. The smallest absolute Gasteiger partial charge is 0.271 e. The van der Waals surface area contributed by atoms with E-state index < -0.39 is 9.85 Å². The molecule has 0 N–H and O–H groups in total. The van der Waals surface area contributed by atoms with Gasteiger partial charge in [-0.2, -0.15) is 5.26 Å². The lowest BCUT2D eigenvalue weighted by atomic mass is 10.1. The van der Waals surface area contributed by atoms with Crippen molar-refractivity contribution in [3.8, 4) is 6.07 Å². The highest BCUT2D eigenvalue weighted by atomic mass is 16.6. The standard InChI is InChI=1S/C20H16N6O4/c21-13-14-10-20(22-19-5-4-17(26(29)30)12-18(14)19)24-8-6-23(7-9-24)15-2-1-3-16(11-15)25(27)28/h1-5,10-12H,6-9H2. The lowest BCUT2D eigenvalue weighted by Crippen LogP contribution is -2.46. The van der Waals surface area contributed by atoms with Gasteiger partial charge in [-0.25, -0.2) is 4.98 Å². The second-order valence-corrected chi connectivity index (χ2v) is 6.85. The van der Waals surface area contributed by atoms with Gasteiger partial charge in [0.25, 0.3) is 11.4 Å². The predicted molar refractivity (Wildman–Crippen MR) is 111 cm³/mol. The van der Waals surface area contributed by atoms with Crippen LogP contribution in [-0.2, 0) is 0 Å². The molecule has 4 rings (SSSR count). The number of hydrogen-bond acceptors (Lipinski definition) is 8. The summed E-state index contributed by atoms with van der Waals surface area (Å²) in [5, 5.41) is 32.0. The van der Waals surface area contributed by atoms with E-state index in [4.69, 9.17) is 0 Å². The maximum Gasteiger partial charge on any atom is 0.271 e. The minimum Gasteiger partial charge on any atom is -0.368 e. The molecule has 3 aromatic rings. The number of benzene rings is 2. The molecule has 0 bridgehead atoms. The minimum absolute atomic E-state index is 0.0545. The average molecular weight is 404 g/mol. The maximum absolute atomic E-state index is 11.0. The van der Waals surface area contributed by atoms with Gasteiger partial charge >= 0.3 is 0 Å². The van der Waals surface area contributed by atoms with Crippen LogP contribution in [0.3, 0.4) is 0 Å². The number of aromatic nitrogens is 1. The Morgan fingerprint density at radius 3 is 2.23 bits per heavy atom. The van der Waals surface area contributed by atoms with Gasteiger partial charge in [-0.1, -0.05) is 6.07 Å². The summed E-state index contributed by atoms with van der Waals surface area (Å²) in [6, 6.07) is 14.6. The molecule has 1 aromatic heterocycles. The molecule has 2 aromatic carbocycles. The summed E-state index contributed by atoms with van der Waals surface area (Å²) in [7, 11) is 0. The Balaban J connectivity index is 1.57. The van der Waals surface area contributed by atoms with Crippen LogP contribution in [-0.4, -0.2) is 41.0 Å². The van der Waals surface area contributed by atoms with Gasteiger partial charge in [-0.05, 0) is 18.2 Å². The molecule has 1 aliphatic rings. The van der Waals surface area contributed by atoms with Gasteiger partial charge in [0.15, 0.2) is 0 Å². The normalized spacial score (nSPS) is 13.8. The van der Waals surface area contributed by atoms with Crippen LogP contribution < -0.4 is 9.80 Å². The number of nitriles is 1. The highest BCUT2D eigenvalue weighted by molar-refractivity contribution is 5.88. The summed E-state index contributed by atoms with van der Waals surface area (Å²) in [5.41, 5.74) is 1.62. The number of nitro groups is 2. The zero-order valence-electron chi connectivity index (χ0n) is 15.8. The van der Waals surface area contributed by atoms with Crippen LogP contribution in [0.5, 0.6) is 0 Å². The molecule has 2 heterocycles. The SMILES string of the molecule is N#Cc1cc(N2CCN(c3cccc([N+](=O)[O-])c3)CC2)nc2ccc([N+](=O)[O-])cc12. The van der Waals surface area contributed by atoms with Crippen molar-refractivity contribution >= 4 is 33.8 Å². The Hall–Kier alpha value is -4.26. The highest BCUT2D eigenvalue weighted by Gasteiger charge is 2.21. The number of hydrogen-bond donors (Lipinski definition) is 0. The molecule has 0 unspecified atom stereocenters. The summed E-state index contributed by atoms with van der Waals surface area (Å²) in [4.78, 5) is 29.8. The van der Waals surface area contributed by atoms with Crippen LogP contribution in [0.4, 0.5) is 22.9 Å². The molecule has 0 spiro atoms. The number of fused-ring (bicyclic) bond motifs is 1. The van der Waals surface area contributed by atoms with Gasteiger partial charge in [0.1, 0.15) is 5.82 Å². The number of anilines is 2. The van der Waals surface area contributed by atoms with Gasteiger partial charge in [0, 0.05) is 61.5 Å². The topological polar surface area (TPSA) is 129 Å². The molecule has 0 atom stereocenters. The third-order valence-corrected chi connectivity index (χ3v) is 5.12. The Morgan fingerprint density at radius 2 is 1.57 bits per heavy atom. The van der Waals surface area contributed by atoms with E-state index in [0.29, 0.717) is 48.5 Å². The van der Waals surface area contributed by atoms with E-state index in [9.17, 15) is 25.5 Å². The summed E-state index contributed by atoms with van der Waals surface area (Å²) in [5.74, 6) is 0.631. The fourth-order valence-electron chi connectivity index (χ4n) is 3.56. The first kappa shape index (κ1) is 19.1. The number of non-ortho nitro benzene ring substituents is 2. The Labute approximate surface area is 170 Å². The molecule has 10 heteroatoms. The third kappa shape index (κ3) is 3.56. The molecular weight excluding hydrogens is 388 g/mol. The Kier molecular flexibility index (Phi) is 4.85. The second-order valence-electron chi connectivity index (χ2n) is 6.85. The van der Waals surface area contributed by atoms with Crippen molar-refractivity contribution in [3.63, 3.8) is 0 Å². The van der Waals surface area contributed by atoms with Crippen LogP contribution in [0, 0.1) is 31.6 Å². The molecule has 0 amide bonds. The third-order valence-electron chi connectivity index (χ3n) is 5.12. The van der Waals surface area contributed by atoms with Crippen LogP contribution in [0.25, 0.3) is 10.9 Å². The van der Waals surface area contributed by atoms with Crippen molar-refractivity contribution in [2.24, 2.45) is 0 Å². The molecule has 1 saturated heterocycles. The van der Waals surface area contributed by atoms with Crippen molar-refractivity contribution in [1.29, 1.82) is 5.26 Å².